The van der Waals surface area contributed by atoms with E-state index in [9.17, 15) is 0 Å². The molecule has 0 amide bonds. The van der Waals surface area contributed by atoms with Crippen LogP contribution in [0.3, 0.4) is 0 Å². The molecule has 0 atom stereocenters. The van der Waals surface area contributed by atoms with Gasteiger partial charge in [-0.25, -0.2) is 0 Å². The second kappa shape index (κ2) is 5.59. The van der Waals surface area contributed by atoms with Gasteiger partial charge in [0, 0.05) is 16.1 Å². The van der Waals surface area contributed by atoms with Crippen LogP contribution in [0.1, 0.15) is 11.1 Å². The van der Waals surface area contributed by atoms with Gasteiger partial charge in [-0.05, 0) is 41.1 Å². The van der Waals surface area contributed by atoms with Crippen molar-refractivity contribution in [3.05, 3.63) is 81.8 Å². The van der Waals surface area contributed by atoms with Crippen LogP contribution in [-0.2, 0) is 0 Å². The predicted octanol–water partition coefficient (Wildman–Crippen LogP) is 5.55. The Hall–Kier alpha value is -1.94. The van der Waals surface area contributed by atoms with Gasteiger partial charge in [-0.2, -0.15) is 0 Å². The van der Waals surface area contributed by atoms with E-state index >= 15 is 0 Å². The van der Waals surface area contributed by atoms with Crippen LogP contribution in [0.5, 0.6) is 0 Å². The fraction of sp³-hybridized carbons (Fsp3) is 0. The van der Waals surface area contributed by atoms with Gasteiger partial charge in [0.05, 0.1) is 5.02 Å². The molecule has 20 heavy (non-hydrogen) atoms. The number of hydrogen-bond donors (Lipinski definition) is 0. The lowest BCUT2D eigenvalue weighted by molar-refractivity contribution is 1.63. The Morgan fingerprint density at radius 1 is 0.700 bits per heavy atom. The normalized spacial score (nSPS) is 10.1. The van der Waals surface area contributed by atoms with E-state index < -0.39 is 0 Å². The van der Waals surface area contributed by atoms with Gasteiger partial charge in [0.2, 0.25) is 0 Å². The highest BCUT2D eigenvalue weighted by molar-refractivity contribution is 6.35. The van der Waals surface area contributed by atoms with Crippen molar-refractivity contribution in [1.82, 2.24) is 0 Å². The number of hydrogen-bond acceptors (Lipinski definition) is 0. The molecule has 0 fully saturated rings. The van der Waals surface area contributed by atoms with Crippen molar-refractivity contribution in [1.29, 1.82) is 0 Å². The molecule has 0 saturated carbocycles. The summed E-state index contributed by atoms with van der Waals surface area (Å²) in [5.41, 5.74) is 1.75. The Kier molecular flexibility index (Phi) is 3.65. The first-order valence-corrected chi connectivity index (χ1v) is 6.94. The van der Waals surface area contributed by atoms with Gasteiger partial charge in [0.25, 0.3) is 0 Å². The van der Waals surface area contributed by atoms with Crippen molar-refractivity contribution < 1.29 is 0 Å². The highest BCUT2D eigenvalue weighted by Gasteiger charge is 1.98. The number of fused-ring (bicyclic) bond motifs is 1. The van der Waals surface area contributed by atoms with Gasteiger partial charge in [-0.15, -0.1) is 0 Å². The lowest BCUT2D eigenvalue weighted by Crippen LogP contribution is -1.79. The van der Waals surface area contributed by atoms with Gasteiger partial charge in [0.1, 0.15) is 0 Å². The summed E-state index contributed by atoms with van der Waals surface area (Å²) in [6.07, 6.45) is 0. The molecule has 0 saturated heterocycles. The maximum absolute atomic E-state index is 6.10. The van der Waals surface area contributed by atoms with Gasteiger partial charge >= 0.3 is 0 Å². The summed E-state index contributed by atoms with van der Waals surface area (Å²) in [5.74, 6) is 6.22. The monoisotopic (exact) mass is 296 g/mol. The molecule has 0 aliphatic rings. The molecule has 0 radical (unpaired) electrons. The minimum atomic E-state index is 0.575. The zero-order valence-corrected chi connectivity index (χ0v) is 12.0. The van der Waals surface area contributed by atoms with E-state index in [0.717, 1.165) is 11.1 Å². The second-order valence-corrected chi connectivity index (χ2v) is 5.28. The largest absolute Gasteiger partial charge is 0.0843 e. The average molecular weight is 297 g/mol. The van der Waals surface area contributed by atoms with Gasteiger partial charge in [0.15, 0.2) is 0 Å². The Balaban J connectivity index is 1.99. The summed E-state index contributed by atoms with van der Waals surface area (Å²) in [6.45, 7) is 0. The first-order chi connectivity index (χ1) is 9.72. The average Bonchev–Trinajstić information content (AvgIpc) is 2.46. The van der Waals surface area contributed by atoms with Crippen molar-refractivity contribution in [2.45, 2.75) is 0 Å². The molecular formula is C18H10Cl2. The minimum absolute atomic E-state index is 0.575. The van der Waals surface area contributed by atoms with Crippen LogP contribution in [0.25, 0.3) is 10.8 Å². The van der Waals surface area contributed by atoms with E-state index in [2.05, 4.69) is 36.1 Å². The van der Waals surface area contributed by atoms with Crippen molar-refractivity contribution in [2.75, 3.05) is 0 Å². The molecule has 0 unspecified atom stereocenters. The third-order valence-electron chi connectivity index (χ3n) is 3.02. The van der Waals surface area contributed by atoms with Crippen LogP contribution in [-0.4, -0.2) is 0 Å². The fourth-order valence-electron chi connectivity index (χ4n) is 2.00. The van der Waals surface area contributed by atoms with E-state index in [1.807, 2.05) is 24.3 Å². The van der Waals surface area contributed by atoms with Crippen molar-refractivity contribution in [3.8, 4) is 11.8 Å². The molecule has 2 heteroatoms. The van der Waals surface area contributed by atoms with Crippen LogP contribution in [0.4, 0.5) is 0 Å². The highest BCUT2D eigenvalue weighted by Crippen LogP contribution is 2.20. The minimum Gasteiger partial charge on any atom is -0.0843 e. The third kappa shape index (κ3) is 2.80. The Labute approximate surface area is 128 Å². The van der Waals surface area contributed by atoms with Crippen LogP contribution in [0.2, 0.25) is 10.0 Å². The molecule has 0 aromatic heterocycles. The number of benzene rings is 3. The molecule has 0 bridgehead atoms. The summed E-state index contributed by atoms with van der Waals surface area (Å²) in [7, 11) is 0. The zero-order chi connectivity index (χ0) is 13.9. The van der Waals surface area contributed by atoms with Crippen molar-refractivity contribution in [2.24, 2.45) is 0 Å². The Bertz CT molecular complexity index is 839. The van der Waals surface area contributed by atoms with E-state index in [4.69, 9.17) is 23.2 Å². The third-order valence-corrected chi connectivity index (χ3v) is 3.57. The lowest BCUT2D eigenvalue weighted by Gasteiger charge is -1.98. The SMILES string of the molecule is Clc1ccc(C#Cc2ccc3ccccc3c2)c(Cl)c1. The molecule has 96 valence electrons. The van der Waals surface area contributed by atoms with Crippen LogP contribution in [0, 0.1) is 11.8 Å². The van der Waals surface area contributed by atoms with Gasteiger partial charge in [-0.3, -0.25) is 0 Å². The van der Waals surface area contributed by atoms with Gasteiger partial charge in [-0.1, -0.05) is 65.4 Å². The summed E-state index contributed by atoms with van der Waals surface area (Å²) in [4.78, 5) is 0. The molecule has 0 aliphatic heterocycles. The maximum atomic E-state index is 6.10. The lowest BCUT2D eigenvalue weighted by atomic mass is 10.1. The first kappa shape index (κ1) is 13.1. The molecule has 0 aliphatic carbocycles. The van der Waals surface area contributed by atoms with E-state index in [0.29, 0.717) is 10.0 Å². The van der Waals surface area contributed by atoms with Crippen molar-refractivity contribution >= 4 is 34.0 Å². The van der Waals surface area contributed by atoms with Crippen LogP contribution < -0.4 is 0 Å². The molecule has 3 rings (SSSR count). The quantitative estimate of drug-likeness (QED) is 0.477. The topological polar surface area (TPSA) is 0 Å². The molecule has 0 heterocycles. The molecule has 3 aromatic carbocycles. The Morgan fingerprint density at radius 2 is 1.50 bits per heavy atom. The molecular weight excluding hydrogens is 287 g/mol. The summed E-state index contributed by atoms with van der Waals surface area (Å²) >= 11 is 12.0. The summed E-state index contributed by atoms with van der Waals surface area (Å²) < 4.78 is 0. The van der Waals surface area contributed by atoms with Crippen molar-refractivity contribution in [3.63, 3.8) is 0 Å². The van der Waals surface area contributed by atoms with E-state index in [1.54, 1.807) is 12.1 Å². The zero-order valence-electron chi connectivity index (χ0n) is 10.5. The number of rotatable bonds is 0. The Morgan fingerprint density at radius 3 is 2.30 bits per heavy atom. The molecule has 3 aromatic rings. The van der Waals surface area contributed by atoms with E-state index in [-0.39, 0.29) is 0 Å². The maximum Gasteiger partial charge on any atom is 0.0577 e. The smallest absolute Gasteiger partial charge is 0.0577 e. The molecule has 0 spiro atoms. The van der Waals surface area contributed by atoms with Crippen LogP contribution >= 0.6 is 23.2 Å². The fourth-order valence-corrected chi connectivity index (χ4v) is 2.45. The molecule has 0 nitrogen and oxygen atoms in total. The first-order valence-electron chi connectivity index (χ1n) is 6.18. The standard InChI is InChI=1S/C18H10Cl2/c19-17-10-9-15(18(20)12-17)8-6-13-5-7-14-3-1-2-4-16(14)11-13/h1-5,7,9-12H. The molecule has 0 N–H and O–H groups in total. The number of halogens is 2. The van der Waals surface area contributed by atoms with Gasteiger partial charge < -0.3 is 0 Å². The van der Waals surface area contributed by atoms with Crippen LogP contribution in [0.15, 0.2) is 60.7 Å². The van der Waals surface area contributed by atoms with E-state index in [1.165, 1.54) is 10.8 Å². The summed E-state index contributed by atoms with van der Waals surface area (Å²) in [6, 6.07) is 19.7. The predicted molar refractivity (Wildman–Crippen MR) is 86.4 cm³/mol. The second-order valence-electron chi connectivity index (χ2n) is 4.44. The summed E-state index contributed by atoms with van der Waals surface area (Å²) in [5, 5.41) is 3.58. The highest BCUT2D eigenvalue weighted by atomic mass is 35.5.